The van der Waals surface area contributed by atoms with Gasteiger partial charge in [0.2, 0.25) is 0 Å². The molecule has 0 aromatic heterocycles. The van der Waals surface area contributed by atoms with Gasteiger partial charge in [-0.1, -0.05) is 18.2 Å². The highest BCUT2D eigenvalue weighted by molar-refractivity contribution is 6.01. The zero-order chi connectivity index (χ0) is 14.7. The Kier molecular flexibility index (Phi) is 3.88. The van der Waals surface area contributed by atoms with Gasteiger partial charge < -0.3 is 15.2 Å². The first kappa shape index (κ1) is 13.9. The molecule has 1 heterocycles. The summed E-state index contributed by atoms with van der Waals surface area (Å²) in [6.07, 6.45) is 0.247. The lowest BCUT2D eigenvalue weighted by Gasteiger charge is -2.22. The zero-order valence-corrected chi connectivity index (χ0v) is 10.8. The average molecular weight is 278 g/mol. The molecule has 2 amide bonds. The molecule has 1 aromatic rings. The number of anilines is 1. The van der Waals surface area contributed by atoms with Crippen molar-refractivity contribution in [2.45, 2.75) is 12.5 Å². The van der Waals surface area contributed by atoms with Crippen molar-refractivity contribution in [2.24, 2.45) is 0 Å². The largest absolute Gasteiger partial charge is 0.480 e. The summed E-state index contributed by atoms with van der Waals surface area (Å²) in [4.78, 5) is 35.5. The molecule has 0 saturated heterocycles. The van der Waals surface area contributed by atoms with E-state index in [4.69, 9.17) is 0 Å². The third-order valence-corrected chi connectivity index (χ3v) is 3.09. The van der Waals surface area contributed by atoms with Crippen LogP contribution in [-0.2, 0) is 20.7 Å². The molecule has 106 valence electrons. The molecule has 1 aliphatic heterocycles. The van der Waals surface area contributed by atoms with Crippen LogP contribution >= 0.6 is 0 Å². The second kappa shape index (κ2) is 5.60. The Morgan fingerprint density at radius 2 is 2.10 bits per heavy atom. The maximum absolute atomic E-state index is 12.1. The molecule has 2 rings (SSSR count). The molecule has 7 nitrogen and oxygen atoms in total. The van der Waals surface area contributed by atoms with Gasteiger partial charge in [-0.3, -0.25) is 9.69 Å². The van der Waals surface area contributed by atoms with Gasteiger partial charge >= 0.3 is 18.0 Å². The van der Waals surface area contributed by atoms with Crippen molar-refractivity contribution in [3.05, 3.63) is 29.8 Å². The fourth-order valence-corrected chi connectivity index (χ4v) is 2.14. The summed E-state index contributed by atoms with van der Waals surface area (Å²) < 4.78 is 4.42. The Morgan fingerprint density at radius 1 is 1.40 bits per heavy atom. The monoisotopic (exact) mass is 278 g/mol. The highest BCUT2D eigenvalue weighted by Gasteiger charge is 2.38. The SMILES string of the molecule is COC(=O)CNC(=O)N1c2ccccc2CC1C(=O)O. The van der Waals surface area contributed by atoms with E-state index in [0.29, 0.717) is 5.69 Å². The molecule has 1 aliphatic rings. The lowest BCUT2D eigenvalue weighted by molar-refractivity contribution is -0.139. The number of aliphatic carboxylic acids is 1. The maximum atomic E-state index is 12.1. The molecule has 20 heavy (non-hydrogen) atoms. The first-order valence-corrected chi connectivity index (χ1v) is 5.99. The van der Waals surface area contributed by atoms with Crippen molar-refractivity contribution in [1.82, 2.24) is 5.32 Å². The summed E-state index contributed by atoms with van der Waals surface area (Å²) in [5, 5.41) is 11.6. The Morgan fingerprint density at radius 3 is 2.75 bits per heavy atom. The quantitative estimate of drug-likeness (QED) is 0.779. The Hall–Kier alpha value is -2.57. The van der Waals surface area contributed by atoms with E-state index in [-0.39, 0.29) is 13.0 Å². The normalized spacial score (nSPS) is 16.4. The van der Waals surface area contributed by atoms with E-state index in [1.54, 1.807) is 24.3 Å². The number of benzene rings is 1. The molecule has 2 N–H and O–H groups in total. The van der Waals surface area contributed by atoms with E-state index in [1.165, 1.54) is 7.11 Å². The first-order chi connectivity index (χ1) is 9.54. The summed E-state index contributed by atoms with van der Waals surface area (Å²) in [7, 11) is 1.21. The van der Waals surface area contributed by atoms with Crippen LogP contribution in [0.25, 0.3) is 0 Å². The fourth-order valence-electron chi connectivity index (χ4n) is 2.14. The predicted octanol–water partition coefficient (Wildman–Crippen LogP) is 0.385. The number of ether oxygens (including phenoxy) is 1. The van der Waals surface area contributed by atoms with Crippen LogP contribution < -0.4 is 10.2 Å². The molecule has 0 radical (unpaired) electrons. The van der Waals surface area contributed by atoms with Gasteiger partial charge in [0.05, 0.1) is 7.11 Å². The number of amides is 2. The van der Waals surface area contributed by atoms with Gasteiger partial charge in [-0.2, -0.15) is 0 Å². The Balaban J connectivity index is 2.20. The lowest BCUT2D eigenvalue weighted by atomic mass is 10.1. The number of nitrogens with one attached hydrogen (secondary N) is 1. The van der Waals surface area contributed by atoms with Crippen LogP contribution in [0.2, 0.25) is 0 Å². The molecule has 7 heteroatoms. The van der Waals surface area contributed by atoms with E-state index >= 15 is 0 Å². The summed E-state index contributed by atoms with van der Waals surface area (Å²) >= 11 is 0. The van der Waals surface area contributed by atoms with Gasteiger partial charge in [-0.05, 0) is 11.6 Å². The number of nitrogens with zero attached hydrogens (tertiary/aromatic N) is 1. The number of hydrogen-bond donors (Lipinski definition) is 2. The molecule has 0 bridgehead atoms. The molecule has 1 unspecified atom stereocenters. The second-order valence-corrected chi connectivity index (χ2v) is 4.29. The van der Waals surface area contributed by atoms with Crippen molar-refractivity contribution in [3.63, 3.8) is 0 Å². The number of fused-ring (bicyclic) bond motifs is 1. The number of methoxy groups -OCH3 is 1. The van der Waals surface area contributed by atoms with Gasteiger partial charge in [0.1, 0.15) is 12.6 Å². The molecular weight excluding hydrogens is 264 g/mol. The maximum Gasteiger partial charge on any atom is 0.327 e. The molecule has 0 spiro atoms. The first-order valence-electron chi connectivity index (χ1n) is 5.99. The molecule has 0 saturated carbocycles. The number of carboxylic acids is 1. The number of urea groups is 1. The number of carboxylic acid groups (broad SMARTS) is 1. The van der Waals surface area contributed by atoms with E-state index in [9.17, 15) is 19.5 Å². The standard InChI is InChI=1S/C13H14N2O5/c1-20-11(16)7-14-13(19)15-9-5-3-2-4-8(9)6-10(15)12(17)18/h2-5,10H,6-7H2,1H3,(H,14,19)(H,17,18). The average Bonchev–Trinajstić information content (AvgIpc) is 2.84. The smallest absolute Gasteiger partial charge is 0.327 e. The van der Waals surface area contributed by atoms with Gasteiger partial charge in [-0.25, -0.2) is 9.59 Å². The van der Waals surface area contributed by atoms with Gasteiger partial charge in [-0.15, -0.1) is 0 Å². The summed E-state index contributed by atoms with van der Waals surface area (Å²) in [6.45, 7) is -0.305. The zero-order valence-electron chi connectivity index (χ0n) is 10.8. The van der Waals surface area contributed by atoms with Crippen molar-refractivity contribution < 1.29 is 24.2 Å². The van der Waals surface area contributed by atoms with Crippen LogP contribution in [-0.4, -0.2) is 42.8 Å². The van der Waals surface area contributed by atoms with Crippen molar-refractivity contribution in [1.29, 1.82) is 0 Å². The molecule has 0 aliphatic carbocycles. The van der Waals surface area contributed by atoms with Crippen LogP contribution in [0, 0.1) is 0 Å². The molecule has 1 atom stereocenters. The number of carbonyl (C=O) groups is 3. The number of esters is 1. The van der Waals surface area contributed by atoms with Crippen LogP contribution in [0.5, 0.6) is 0 Å². The van der Waals surface area contributed by atoms with E-state index in [2.05, 4.69) is 10.1 Å². The minimum absolute atomic E-state index is 0.247. The van der Waals surface area contributed by atoms with Crippen LogP contribution in [0.15, 0.2) is 24.3 Å². The summed E-state index contributed by atoms with van der Waals surface area (Å²) in [5.74, 6) is -1.69. The predicted molar refractivity (Wildman–Crippen MR) is 69.5 cm³/mol. The summed E-state index contributed by atoms with van der Waals surface area (Å²) in [6, 6.07) is 5.37. The third kappa shape index (κ3) is 2.56. The minimum atomic E-state index is -1.09. The molecular formula is C13H14N2O5. The van der Waals surface area contributed by atoms with Gasteiger partial charge in [0.25, 0.3) is 0 Å². The van der Waals surface area contributed by atoms with E-state index < -0.39 is 24.0 Å². The lowest BCUT2D eigenvalue weighted by Crippen LogP contribution is -2.49. The van der Waals surface area contributed by atoms with Crippen molar-refractivity contribution in [3.8, 4) is 0 Å². The van der Waals surface area contributed by atoms with Crippen molar-refractivity contribution >= 4 is 23.7 Å². The highest BCUT2D eigenvalue weighted by atomic mass is 16.5. The van der Waals surface area contributed by atoms with Crippen LogP contribution in [0.3, 0.4) is 0 Å². The van der Waals surface area contributed by atoms with Gasteiger partial charge in [0, 0.05) is 12.1 Å². The Labute approximate surface area is 115 Å². The molecule has 0 fully saturated rings. The number of hydrogen-bond acceptors (Lipinski definition) is 4. The van der Waals surface area contributed by atoms with Crippen LogP contribution in [0.4, 0.5) is 10.5 Å². The number of carbonyl (C=O) groups excluding carboxylic acids is 2. The van der Waals surface area contributed by atoms with Gasteiger partial charge in [0.15, 0.2) is 0 Å². The summed E-state index contributed by atoms with van der Waals surface area (Å²) in [5.41, 5.74) is 1.33. The van der Waals surface area contributed by atoms with E-state index in [0.717, 1.165) is 10.5 Å². The topological polar surface area (TPSA) is 95.9 Å². The number of rotatable bonds is 3. The number of para-hydroxylation sites is 1. The molecule has 1 aromatic carbocycles. The van der Waals surface area contributed by atoms with E-state index in [1.807, 2.05) is 0 Å². The third-order valence-electron chi connectivity index (χ3n) is 3.09. The second-order valence-electron chi connectivity index (χ2n) is 4.29. The fraction of sp³-hybridized carbons (Fsp3) is 0.308. The minimum Gasteiger partial charge on any atom is -0.480 e. The highest BCUT2D eigenvalue weighted by Crippen LogP contribution is 2.32. The van der Waals surface area contributed by atoms with Crippen LogP contribution in [0.1, 0.15) is 5.56 Å². The van der Waals surface area contributed by atoms with Crippen molar-refractivity contribution in [2.75, 3.05) is 18.6 Å². The Bertz CT molecular complexity index is 557.